The molecule has 38 heavy (non-hydrogen) atoms. The highest BCUT2D eigenvalue weighted by atomic mass is 16.2. The summed E-state index contributed by atoms with van der Waals surface area (Å²) in [6.45, 7) is 6.61. The number of benzene rings is 2. The predicted molar refractivity (Wildman–Crippen MR) is 147 cm³/mol. The molecular weight excluding hydrogens is 478 g/mol. The van der Waals surface area contributed by atoms with Gasteiger partial charge in [-0.15, -0.1) is 0 Å². The van der Waals surface area contributed by atoms with Gasteiger partial charge in [-0.3, -0.25) is 14.3 Å². The number of nitrogens with one attached hydrogen (secondary N) is 3. The number of anilines is 1. The number of aromatic amines is 1. The van der Waals surface area contributed by atoms with Crippen LogP contribution in [-0.4, -0.2) is 42.6 Å². The predicted octanol–water partition coefficient (Wildman–Crippen LogP) is 5.08. The number of carbonyl (C=O) groups excluding carboxylic acids is 2. The van der Waals surface area contributed by atoms with Gasteiger partial charge >= 0.3 is 0 Å². The summed E-state index contributed by atoms with van der Waals surface area (Å²) in [5.41, 5.74) is 5.94. The lowest BCUT2D eigenvalue weighted by molar-refractivity contribution is 0.0941. The van der Waals surface area contributed by atoms with Crippen molar-refractivity contribution in [3.05, 3.63) is 71.8 Å². The van der Waals surface area contributed by atoms with Crippen LogP contribution in [0.5, 0.6) is 0 Å². The summed E-state index contributed by atoms with van der Waals surface area (Å²) in [5.74, 6) is 0.0791. The molecule has 9 heteroatoms. The van der Waals surface area contributed by atoms with Gasteiger partial charge in [0.25, 0.3) is 11.8 Å². The molecule has 6 rings (SSSR count). The van der Waals surface area contributed by atoms with E-state index in [9.17, 15) is 9.59 Å². The normalized spacial score (nSPS) is 13.4. The van der Waals surface area contributed by atoms with Gasteiger partial charge in [0.05, 0.1) is 11.2 Å². The maximum Gasteiger partial charge on any atom is 0.276 e. The van der Waals surface area contributed by atoms with Crippen molar-refractivity contribution in [1.82, 2.24) is 30.0 Å². The van der Waals surface area contributed by atoms with Crippen molar-refractivity contribution in [2.24, 2.45) is 5.92 Å². The Morgan fingerprint density at radius 2 is 1.95 bits per heavy atom. The van der Waals surface area contributed by atoms with E-state index in [0.29, 0.717) is 22.9 Å². The summed E-state index contributed by atoms with van der Waals surface area (Å²) in [5, 5.41) is 12.3. The summed E-state index contributed by atoms with van der Waals surface area (Å²) in [6.07, 6.45) is 5.84. The van der Waals surface area contributed by atoms with E-state index in [-0.39, 0.29) is 17.9 Å². The van der Waals surface area contributed by atoms with Gasteiger partial charge in [-0.25, -0.2) is 9.97 Å². The molecule has 5 aromatic rings. The number of carbonyl (C=O) groups is 2. The molecule has 3 N–H and O–H groups in total. The zero-order valence-corrected chi connectivity index (χ0v) is 21.6. The van der Waals surface area contributed by atoms with Gasteiger partial charge < -0.3 is 15.6 Å². The van der Waals surface area contributed by atoms with Gasteiger partial charge in [0.15, 0.2) is 5.69 Å². The minimum absolute atomic E-state index is 0.0204. The third-order valence-corrected chi connectivity index (χ3v) is 6.84. The van der Waals surface area contributed by atoms with Gasteiger partial charge in [-0.2, -0.15) is 5.10 Å². The Morgan fingerprint density at radius 1 is 1.11 bits per heavy atom. The molecule has 3 heterocycles. The monoisotopic (exact) mass is 507 g/mol. The van der Waals surface area contributed by atoms with E-state index >= 15 is 0 Å². The number of hydrogen-bond acceptors (Lipinski definition) is 5. The minimum Gasteiger partial charge on any atom is -0.350 e. The molecule has 1 aliphatic carbocycles. The highest BCUT2D eigenvalue weighted by molar-refractivity contribution is 6.12. The smallest absolute Gasteiger partial charge is 0.276 e. The molecule has 0 radical (unpaired) electrons. The molecule has 1 fully saturated rings. The zero-order valence-electron chi connectivity index (χ0n) is 21.6. The molecule has 1 saturated carbocycles. The summed E-state index contributed by atoms with van der Waals surface area (Å²) in [6, 6.07) is 12.9. The molecule has 0 aliphatic heterocycles. The molecule has 0 spiro atoms. The molecule has 0 bridgehead atoms. The lowest BCUT2D eigenvalue weighted by Gasteiger charge is -2.10. The lowest BCUT2D eigenvalue weighted by atomic mass is 10.0. The Kier molecular flexibility index (Phi) is 5.90. The van der Waals surface area contributed by atoms with Gasteiger partial charge in [-0.05, 0) is 75.4 Å². The fourth-order valence-electron chi connectivity index (χ4n) is 4.78. The second kappa shape index (κ2) is 9.41. The molecule has 2 aromatic carbocycles. The Morgan fingerprint density at radius 3 is 2.74 bits per heavy atom. The Labute approximate surface area is 219 Å². The van der Waals surface area contributed by atoms with Crippen LogP contribution in [-0.2, 0) is 6.54 Å². The van der Waals surface area contributed by atoms with Crippen molar-refractivity contribution < 1.29 is 9.59 Å². The van der Waals surface area contributed by atoms with Crippen molar-refractivity contribution in [3.8, 4) is 11.3 Å². The largest absolute Gasteiger partial charge is 0.350 e. The van der Waals surface area contributed by atoms with Crippen LogP contribution in [0.25, 0.3) is 33.2 Å². The SMILES string of the molecule is Cc1c[nH]c2ncnc(-c3ccc4c(C(=O)Nc5cccc(C(=O)NC(C)C)c5)nn(CC5CC5)c4c3)c12. The highest BCUT2D eigenvalue weighted by Crippen LogP contribution is 2.34. The average Bonchev–Trinajstić information content (AvgIpc) is 3.54. The number of nitrogens with zero attached hydrogens (tertiary/aromatic N) is 4. The first-order valence-electron chi connectivity index (χ1n) is 12.9. The van der Waals surface area contributed by atoms with Crippen molar-refractivity contribution in [2.45, 2.75) is 46.2 Å². The standard InChI is InChI=1S/C29H29N7O2/c1-16(2)33-28(37)20-5-4-6-21(11-20)34-29(38)26-22-10-9-19(12-23(22)36(35-26)14-18-7-8-18)25-24-17(3)13-30-27(24)32-15-31-25/h4-6,9-13,15-16,18H,7-8,14H2,1-3H3,(H,33,37)(H,34,38)(H,30,31,32). The maximum absolute atomic E-state index is 13.4. The van der Waals surface area contributed by atoms with Crippen LogP contribution in [0.3, 0.4) is 0 Å². The fraction of sp³-hybridized carbons (Fsp3) is 0.276. The second-order valence-electron chi connectivity index (χ2n) is 10.3. The molecule has 2 amide bonds. The van der Waals surface area contributed by atoms with Crippen LogP contribution in [0.2, 0.25) is 0 Å². The molecule has 0 saturated heterocycles. The highest BCUT2D eigenvalue weighted by Gasteiger charge is 2.26. The van der Waals surface area contributed by atoms with Crippen LogP contribution >= 0.6 is 0 Å². The third kappa shape index (κ3) is 4.51. The second-order valence-corrected chi connectivity index (χ2v) is 10.3. The van der Waals surface area contributed by atoms with E-state index in [2.05, 4.69) is 31.7 Å². The van der Waals surface area contributed by atoms with E-state index in [1.165, 1.54) is 12.8 Å². The molecule has 1 aliphatic rings. The first-order chi connectivity index (χ1) is 18.4. The molecule has 9 nitrogen and oxygen atoms in total. The van der Waals surface area contributed by atoms with Crippen molar-refractivity contribution in [2.75, 3.05) is 5.32 Å². The third-order valence-electron chi connectivity index (χ3n) is 6.84. The number of H-pyrrole nitrogens is 1. The van der Waals surface area contributed by atoms with Gasteiger partial charge in [0.2, 0.25) is 0 Å². The maximum atomic E-state index is 13.4. The van der Waals surface area contributed by atoms with Gasteiger partial charge in [0.1, 0.15) is 12.0 Å². The summed E-state index contributed by atoms with van der Waals surface area (Å²) >= 11 is 0. The van der Waals surface area contributed by atoms with Gasteiger partial charge in [-0.1, -0.05) is 12.1 Å². The van der Waals surface area contributed by atoms with Crippen LogP contribution in [0.1, 0.15) is 53.1 Å². The molecule has 3 aromatic heterocycles. The first kappa shape index (κ1) is 23.8. The molecule has 0 atom stereocenters. The Bertz CT molecular complexity index is 1690. The average molecular weight is 508 g/mol. The van der Waals surface area contributed by atoms with E-state index in [0.717, 1.165) is 45.3 Å². The number of fused-ring (bicyclic) bond motifs is 2. The number of amides is 2. The lowest BCUT2D eigenvalue weighted by Crippen LogP contribution is -2.30. The fourth-order valence-corrected chi connectivity index (χ4v) is 4.78. The van der Waals surface area contributed by atoms with E-state index in [4.69, 9.17) is 5.10 Å². The minimum atomic E-state index is -0.315. The zero-order chi connectivity index (χ0) is 26.4. The van der Waals surface area contributed by atoms with Gasteiger partial charge in [0, 0.05) is 46.4 Å². The topological polar surface area (TPSA) is 118 Å². The summed E-state index contributed by atoms with van der Waals surface area (Å²) in [7, 11) is 0. The number of rotatable bonds is 7. The van der Waals surface area contributed by atoms with Crippen molar-refractivity contribution in [3.63, 3.8) is 0 Å². The van der Waals surface area contributed by atoms with Crippen LogP contribution in [0.15, 0.2) is 55.0 Å². The van der Waals surface area contributed by atoms with Crippen molar-refractivity contribution in [1.29, 1.82) is 0 Å². The Hall–Kier alpha value is -4.53. The van der Waals surface area contributed by atoms with Crippen LogP contribution in [0, 0.1) is 12.8 Å². The van der Waals surface area contributed by atoms with E-state index in [1.807, 2.05) is 43.8 Å². The first-order valence-corrected chi connectivity index (χ1v) is 12.9. The quantitative estimate of drug-likeness (QED) is 0.284. The number of aromatic nitrogens is 5. The number of hydrogen-bond donors (Lipinski definition) is 3. The van der Waals surface area contributed by atoms with E-state index < -0.39 is 0 Å². The molecule has 0 unspecified atom stereocenters. The van der Waals surface area contributed by atoms with Crippen LogP contribution in [0.4, 0.5) is 5.69 Å². The summed E-state index contributed by atoms with van der Waals surface area (Å²) in [4.78, 5) is 38.0. The Balaban J connectivity index is 1.36. The van der Waals surface area contributed by atoms with Crippen molar-refractivity contribution >= 4 is 39.4 Å². The molecule has 192 valence electrons. The number of aryl methyl sites for hydroxylation is 1. The van der Waals surface area contributed by atoms with E-state index in [1.54, 1.807) is 30.6 Å². The summed E-state index contributed by atoms with van der Waals surface area (Å²) < 4.78 is 1.94. The van der Waals surface area contributed by atoms with Crippen LogP contribution < -0.4 is 10.6 Å². The molecular formula is C29H29N7O2.